The van der Waals surface area contributed by atoms with Crippen molar-refractivity contribution in [1.29, 1.82) is 0 Å². The lowest BCUT2D eigenvalue weighted by molar-refractivity contribution is 1.54. The van der Waals surface area contributed by atoms with E-state index in [-0.39, 0.29) is 0 Å². The number of halogens is 1. The molecule has 0 aliphatic rings. The van der Waals surface area contributed by atoms with Crippen LogP contribution in [0.25, 0.3) is 0 Å². The molecule has 0 aromatic heterocycles. The first-order chi connectivity index (χ1) is 4.81. The van der Waals surface area contributed by atoms with Gasteiger partial charge in [-0.25, -0.2) is 0 Å². The molecule has 0 spiro atoms. The van der Waals surface area contributed by atoms with E-state index in [4.69, 9.17) is 11.6 Å². The maximum absolute atomic E-state index is 5.54. The highest BCUT2D eigenvalue weighted by atomic mass is 35.5. The van der Waals surface area contributed by atoms with Crippen LogP contribution in [-0.4, -0.2) is 5.75 Å². The minimum absolute atomic E-state index is 0.794. The highest BCUT2D eigenvalue weighted by Gasteiger charge is 1.74. The first-order valence-electron chi connectivity index (χ1n) is 3.12. The van der Waals surface area contributed by atoms with Crippen LogP contribution < -0.4 is 0 Å². The molecule has 0 aliphatic carbocycles. The van der Waals surface area contributed by atoms with Gasteiger partial charge in [-0.05, 0) is 17.9 Å². The van der Waals surface area contributed by atoms with Gasteiger partial charge in [0.05, 0.1) is 0 Å². The predicted octanol–water partition coefficient (Wildman–Crippen LogP) is 3.28. The maximum atomic E-state index is 5.54. The Balaban J connectivity index is 0.000000236. The second-order valence-electron chi connectivity index (χ2n) is 1.61. The Bertz CT molecular complexity index is 151. The van der Waals surface area contributed by atoms with Gasteiger partial charge in [0.15, 0.2) is 0 Å². The highest BCUT2D eigenvalue weighted by molar-refractivity contribution is 7.80. The number of hydrogen-bond donors (Lipinski definition) is 1. The third kappa shape index (κ3) is 5.99. The van der Waals surface area contributed by atoms with Crippen molar-refractivity contribution in [2.45, 2.75) is 6.92 Å². The highest BCUT2D eigenvalue weighted by Crippen LogP contribution is 2.03. The molecule has 0 nitrogen and oxygen atoms in total. The van der Waals surface area contributed by atoms with Gasteiger partial charge in [-0.3, -0.25) is 0 Å². The topological polar surface area (TPSA) is 0 Å². The molecule has 0 atom stereocenters. The summed E-state index contributed by atoms with van der Waals surface area (Å²) in [6.07, 6.45) is 0. The molecule has 10 heavy (non-hydrogen) atoms. The lowest BCUT2D eigenvalue weighted by Gasteiger charge is -1.80. The van der Waals surface area contributed by atoms with E-state index >= 15 is 0 Å². The van der Waals surface area contributed by atoms with Crippen LogP contribution in [0.5, 0.6) is 0 Å². The van der Waals surface area contributed by atoms with Gasteiger partial charge in [0, 0.05) is 5.02 Å². The molecule has 0 unspecified atom stereocenters. The molecule has 0 aliphatic heterocycles. The normalized spacial score (nSPS) is 7.90. The van der Waals surface area contributed by atoms with Crippen molar-refractivity contribution in [2.75, 3.05) is 5.75 Å². The van der Waals surface area contributed by atoms with Gasteiger partial charge in [-0.15, -0.1) is 0 Å². The molecule has 56 valence electrons. The summed E-state index contributed by atoms with van der Waals surface area (Å²) in [5, 5.41) is 0.794. The number of thiol groups is 1. The fourth-order valence-electron chi connectivity index (χ4n) is 0.415. The molecule has 0 amide bonds. The molecule has 0 bridgehead atoms. The van der Waals surface area contributed by atoms with Gasteiger partial charge in [0.1, 0.15) is 0 Å². The zero-order valence-corrected chi connectivity index (χ0v) is 7.57. The van der Waals surface area contributed by atoms with Crippen LogP contribution >= 0.6 is 24.2 Å². The third-order valence-electron chi connectivity index (χ3n) is 0.733. The molecular weight excluding hydrogens is 164 g/mol. The Labute approximate surface area is 72.6 Å². The van der Waals surface area contributed by atoms with Crippen LogP contribution in [0.3, 0.4) is 0 Å². The summed E-state index contributed by atoms with van der Waals surface area (Å²) >= 11 is 9.33. The fourth-order valence-corrected chi connectivity index (χ4v) is 0.560. The SMILES string of the molecule is CCS.Clc1ccccc1. The lowest BCUT2D eigenvalue weighted by Crippen LogP contribution is -1.55. The summed E-state index contributed by atoms with van der Waals surface area (Å²) in [6, 6.07) is 9.44. The van der Waals surface area contributed by atoms with Crippen LogP contribution in [0.1, 0.15) is 6.92 Å². The third-order valence-corrected chi connectivity index (χ3v) is 0.985. The van der Waals surface area contributed by atoms with E-state index < -0.39 is 0 Å². The Morgan fingerprint density at radius 1 is 1.30 bits per heavy atom. The van der Waals surface area contributed by atoms with E-state index in [1.807, 2.05) is 37.3 Å². The van der Waals surface area contributed by atoms with Crippen LogP contribution in [0.4, 0.5) is 0 Å². The molecule has 1 aromatic rings. The zero-order valence-electron chi connectivity index (χ0n) is 5.92. The minimum Gasteiger partial charge on any atom is -0.180 e. The standard InChI is InChI=1S/C6H5Cl.C2H6S/c7-6-4-2-1-3-5-6;1-2-3/h1-5H;3H,2H2,1H3. The van der Waals surface area contributed by atoms with E-state index in [2.05, 4.69) is 12.6 Å². The monoisotopic (exact) mass is 174 g/mol. The lowest BCUT2D eigenvalue weighted by atomic mass is 10.4. The molecular formula is C8H11ClS. The van der Waals surface area contributed by atoms with Gasteiger partial charge in [0.25, 0.3) is 0 Å². The van der Waals surface area contributed by atoms with Crippen molar-refractivity contribution < 1.29 is 0 Å². The largest absolute Gasteiger partial charge is 0.180 e. The first kappa shape index (κ1) is 9.86. The van der Waals surface area contributed by atoms with Crippen molar-refractivity contribution in [2.24, 2.45) is 0 Å². The first-order valence-corrected chi connectivity index (χ1v) is 4.13. The summed E-state index contributed by atoms with van der Waals surface area (Å²) in [5.41, 5.74) is 0. The minimum atomic E-state index is 0.794. The molecule has 1 aromatic carbocycles. The molecule has 0 radical (unpaired) electrons. The van der Waals surface area contributed by atoms with Gasteiger partial charge < -0.3 is 0 Å². The molecule has 1 rings (SSSR count). The molecule has 0 saturated heterocycles. The van der Waals surface area contributed by atoms with Crippen molar-refractivity contribution in [3.8, 4) is 0 Å². The molecule has 2 heteroatoms. The van der Waals surface area contributed by atoms with Crippen molar-refractivity contribution >= 4 is 24.2 Å². The second kappa shape index (κ2) is 6.97. The van der Waals surface area contributed by atoms with Gasteiger partial charge in [0.2, 0.25) is 0 Å². The Morgan fingerprint density at radius 2 is 1.70 bits per heavy atom. The van der Waals surface area contributed by atoms with Gasteiger partial charge in [-0.1, -0.05) is 36.7 Å². The van der Waals surface area contributed by atoms with Crippen molar-refractivity contribution in [1.82, 2.24) is 0 Å². The maximum Gasteiger partial charge on any atom is 0.0405 e. The van der Waals surface area contributed by atoms with Gasteiger partial charge in [-0.2, -0.15) is 12.6 Å². The number of rotatable bonds is 0. The predicted molar refractivity (Wildman–Crippen MR) is 51.0 cm³/mol. The van der Waals surface area contributed by atoms with E-state index in [1.165, 1.54) is 0 Å². The Morgan fingerprint density at radius 3 is 1.90 bits per heavy atom. The van der Waals surface area contributed by atoms with Gasteiger partial charge >= 0.3 is 0 Å². The van der Waals surface area contributed by atoms with Crippen LogP contribution in [0.2, 0.25) is 5.02 Å². The molecule has 0 fully saturated rings. The average molecular weight is 175 g/mol. The molecule has 0 N–H and O–H groups in total. The van der Waals surface area contributed by atoms with Crippen LogP contribution in [-0.2, 0) is 0 Å². The van der Waals surface area contributed by atoms with E-state index in [0.29, 0.717) is 0 Å². The summed E-state index contributed by atoms with van der Waals surface area (Å²) in [7, 11) is 0. The molecule has 0 saturated carbocycles. The van der Waals surface area contributed by atoms with Crippen molar-refractivity contribution in [3.63, 3.8) is 0 Å². The quantitative estimate of drug-likeness (QED) is 0.574. The number of hydrogen-bond acceptors (Lipinski definition) is 1. The smallest absolute Gasteiger partial charge is 0.0405 e. The van der Waals surface area contributed by atoms with E-state index in [0.717, 1.165) is 10.8 Å². The van der Waals surface area contributed by atoms with E-state index in [9.17, 15) is 0 Å². The van der Waals surface area contributed by atoms with E-state index in [1.54, 1.807) is 0 Å². The Kier molecular flexibility index (Phi) is 6.88. The summed E-state index contributed by atoms with van der Waals surface area (Å²) in [6.45, 7) is 1.99. The second-order valence-corrected chi connectivity index (χ2v) is 2.68. The zero-order chi connectivity index (χ0) is 7.82. The van der Waals surface area contributed by atoms with Crippen molar-refractivity contribution in [3.05, 3.63) is 35.4 Å². The average Bonchev–Trinajstić information content (AvgIpc) is 1.91. The summed E-state index contributed by atoms with van der Waals surface area (Å²) in [5.74, 6) is 0.944. The molecule has 0 heterocycles. The Hall–Kier alpha value is -0.140. The van der Waals surface area contributed by atoms with Crippen LogP contribution in [0.15, 0.2) is 30.3 Å². The fraction of sp³-hybridized carbons (Fsp3) is 0.250. The van der Waals surface area contributed by atoms with Crippen LogP contribution in [0, 0.1) is 0 Å². The number of benzene rings is 1. The summed E-state index contributed by atoms with van der Waals surface area (Å²) in [4.78, 5) is 0. The summed E-state index contributed by atoms with van der Waals surface area (Å²) < 4.78 is 0.